The van der Waals surface area contributed by atoms with Crippen LogP contribution in [-0.2, 0) is 14.3 Å². The van der Waals surface area contributed by atoms with Gasteiger partial charge in [0, 0.05) is 10.7 Å². The predicted octanol–water partition coefficient (Wildman–Crippen LogP) is 3.30. The van der Waals surface area contributed by atoms with Crippen molar-refractivity contribution in [1.82, 2.24) is 5.32 Å². The third-order valence-corrected chi connectivity index (χ3v) is 4.15. The first-order valence-electron chi connectivity index (χ1n) is 8.18. The van der Waals surface area contributed by atoms with E-state index in [1.165, 1.54) is 32.2 Å². The van der Waals surface area contributed by atoms with Crippen molar-refractivity contribution in [3.05, 3.63) is 58.1 Å². The summed E-state index contributed by atoms with van der Waals surface area (Å²) in [6.07, 6.45) is -1.05. The van der Waals surface area contributed by atoms with Crippen LogP contribution >= 0.6 is 23.2 Å². The van der Waals surface area contributed by atoms with E-state index < -0.39 is 30.4 Å². The Labute approximate surface area is 171 Å². The zero-order valence-corrected chi connectivity index (χ0v) is 16.6. The zero-order chi connectivity index (χ0) is 20.7. The van der Waals surface area contributed by atoms with Crippen LogP contribution < -0.4 is 15.4 Å². The van der Waals surface area contributed by atoms with Gasteiger partial charge in [0.05, 0.1) is 17.7 Å². The molecule has 148 valence electrons. The summed E-state index contributed by atoms with van der Waals surface area (Å²) in [6, 6.07) is 11.0. The van der Waals surface area contributed by atoms with Crippen LogP contribution in [0, 0.1) is 0 Å². The minimum Gasteiger partial charge on any atom is -0.497 e. The van der Waals surface area contributed by atoms with E-state index in [4.69, 9.17) is 32.7 Å². The smallest absolute Gasteiger partial charge is 0.326 e. The minimum atomic E-state index is -1.05. The average molecular weight is 425 g/mol. The van der Waals surface area contributed by atoms with Gasteiger partial charge in [-0.15, -0.1) is 0 Å². The van der Waals surface area contributed by atoms with Crippen molar-refractivity contribution in [1.29, 1.82) is 0 Å². The topological polar surface area (TPSA) is 93.7 Å². The predicted molar refractivity (Wildman–Crippen MR) is 106 cm³/mol. The maximum atomic E-state index is 12.1. The highest BCUT2D eigenvalue weighted by atomic mass is 35.5. The van der Waals surface area contributed by atoms with Gasteiger partial charge in [-0.25, -0.2) is 0 Å². The number of halogens is 2. The number of esters is 1. The van der Waals surface area contributed by atoms with Gasteiger partial charge in [-0.2, -0.15) is 0 Å². The molecule has 2 aromatic carbocycles. The molecule has 1 atom stereocenters. The molecule has 0 saturated heterocycles. The summed E-state index contributed by atoms with van der Waals surface area (Å²) in [4.78, 5) is 36.0. The average Bonchev–Trinajstić information content (AvgIpc) is 2.66. The number of carbonyl (C=O) groups is 3. The highest BCUT2D eigenvalue weighted by molar-refractivity contribution is 6.36. The molecule has 1 unspecified atom stereocenters. The second-order valence-corrected chi connectivity index (χ2v) is 6.50. The van der Waals surface area contributed by atoms with Crippen LogP contribution in [0.3, 0.4) is 0 Å². The summed E-state index contributed by atoms with van der Waals surface area (Å²) in [6.45, 7) is 1.01. The van der Waals surface area contributed by atoms with Gasteiger partial charge in [0.2, 0.25) is 0 Å². The van der Waals surface area contributed by atoms with E-state index in [-0.39, 0.29) is 10.6 Å². The fraction of sp³-hybridized carbons (Fsp3) is 0.211. The molecular weight excluding hydrogens is 407 g/mol. The van der Waals surface area contributed by atoms with Crippen molar-refractivity contribution in [3.8, 4) is 5.75 Å². The highest BCUT2D eigenvalue weighted by Crippen LogP contribution is 2.20. The Morgan fingerprint density at radius 3 is 2.36 bits per heavy atom. The number of amides is 2. The van der Waals surface area contributed by atoms with Crippen LogP contribution in [0.15, 0.2) is 42.5 Å². The first-order chi connectivity index (χ1) is 13.3. The van der Waals surface area contributed by atoms with Crippen LogP contribution in [0.25, 0.3) is 0 Å². The third kappa shape index (κ3) is 6.14. The number of rotatable bonds is 7. The molecule has 0 aliphatic carbocycles. The number of hydrogen-bond donors (Lipinski definition) is 2. The second-order valence-electron chi connectivity index (χ2n) is 5.66. The van der Waals surface area contributed by atoms with Crippen LogP contribution in [-0.4, -0.2) is 37.5 Å². The Morgan fingerprint density at radius 1 is 1.07 bits per heavy atom. The molecule has 0 radical (unpaired) electrons. The summed E-state index contributed by atoms with van der Waals surface area (Å²) in [7, 11) is 1.54. The highest BCUT2D eigenvalue weighted by Gasteiger charge is 2.19. The SMILES string of the molecule is COc1ccc(NC(=O)C(C)OC(=O)CNC(=O)c2ccc(Cl)cc2Cl)cc1. The lowest BCUT2D eigenvalue weighted by Gasteiger charge is -2.14. The van der Waals surface area contributed by atoms with Gasteiger partial charge in [0.15, 0.2) is 6.10 Å². The lowest BCUT2D eigenvalue weighted by molar-refractivity contribution is -0.152. The summed E-state index contributed by atoms with van der Waals surface area (Å²) in [5.41, 5.74) is 0.698. The lowest BCUT2D eigenvalue weighted by Crippen LogP contribution is -2.35. The molecule has 0 aromatic heterocycles. The fourth-order valence-electron chi connectivity index (χ4n) is 2.13. The number of hydrogen-bond acceptors (Lipinski definition) is 5. The van der Waals surface area contributed by atoms with Gasteiger partial charge in [0.25, 0.3) is 11.8 Å². The molecule has 2 aromatic rings. The van der Waals surface area contributed by atoms with Crippen molar-refractivity contribution < 1.29 is 23.9 Å². The number of anilines is 1. The van der Waals surface area contributed by atoms with Gasteiger partial charge in [-0.05, 0) is 49.4 Å². The summed E-state index contributed by atoms with van der Waals surface area (Å²) >= 11 is 11.7. The van der Waals surface area contributed by atoms with E-state index in [0.29, 0.717) is 16.5 Å². The lowest BCUT2D eigenvalue weighted by atomic mass is 10.2. The molecule has 0 bridgehead atoms. The number of benzene rings is 2. The number of ether oxygens (including phenoxy) is 2. The Bertz CT molecular complexity index is 871. The maximum absolute atomic E-state index is 12.1. The van der Waals surface area contributed by atoms with Crippen LogP contribution in [0.2, 0.25) is 10.0 Å². The molecule has 0 aliphatic heterocycles. The molecular formula is C19H18Cl2N2O5. The monoisotopic (exact) mass is 424 g/mol. The largest absolute Gasteiger partial charge is 0.497 e. The molecule has 9 heteroatoms. The molecule has 2 rings (SSSR count). The number of nitrogens with one attached hydrogen (secondary N) is 2. The van der Waals surface area contributed by atoms with Gasteiger partial charge in [-0.1, -0.05) is 23.2 Å². The first kappa shape index (κ1) is 21.5. The van der Waals surface area contributed by atoms with Crippen molar-refractivity contribution in [3.63, 3.8) is 0 Å². The Morgan fingerprint density at radius 2 is 1.75 bits per heavy atom. The Balaban J connectivity index is 1.82. The number of carbonyl (C=O) groups excluding carboxylic acids is 3. The quantitative estimate of drug-likeness (QED) is 0.664. The van der Waals surface area contributed by atoms with Crippen molar-refractivity contribution >= 4 is 46.7 Å². The van der Waals surface area contributed by atoms with Gasteiger partial charge >= 0.3 is 5.97 Å². The summed E-state index contributed by atoms with van der Waals surface area (Å²) in [5, 5.41) is 5.54. The van der Waals surface area contributed by atoms with Crippen molar-refractivity contribution in [2.45, 2.75) is 13.0 Å². The molecule has 0 heterocycles. The van der Waals surface area contributed by atoms with E-state index >= 15 is 0 Å². The summed E-state index contributed by atoms with van der Waals surface area (Å²) < 4.78 is 10.1. The van der Waals surface area contributed by atoms with Gasteiger partial charge in [0.1, 0.15) is 12.3 Å². The van der Waals surface area contributed by atoms with Crippen molar-refractivity contribution in [2.24, 2.45) is 0 Å². The Kier molecular flexibility index (Phi) is 7.66. The Hall–Kier alpha value is -2.77. The fourth-order valence-corrected chi connectivity index (χ4v) is 2.63. The maximum Gasteiger partial charge on any atom is 0.326 e. The molecule has 28 heavy (non-hydrogen) atoms. The molecule has 0 fully saturated rings. The van der Waals surface area contributed by atoms with Crippen molar-refractivity contribution in [2.75, 3.05) is 19.0 Å². The molecule has 2 N–H and O–H groups in total. The van der Waals surface area contributed by atoms with E-state index in [9.17, 15) is 14.4 Å². The van der Waals surface area contributed by atoms with Crippen LogP contribution in [0.1, 0.15) is 17.3 Å². The third-order valence-electron chi connectivity index (χ3n) is 3.60. The molecule has 0 spiro atoms. The molecule has 7 nitrogen and oxygen atoms in total. The standard InChI is InChI=1S/C19H18Cl2N2O5/c1-11(18(25)23-13-4-6-14(27-2)7-5-13)28-17(24)10-22-19(26)15-8-3-12(20)9-16(15)21/h3-9,11H,10H2,1-2H3,(H,22,26)(H,23,25). The van der Waals surface area contributed by atoms with Gasteiger partial charge < -0.3 is 20.1 Å². The second kappa shape index (κ2) is 9.96. The van der Waals surface area contributed by atoms with Crippen LogP contribution in [0.4, 0.5) is 5.69 Å². The molecule has 0 saturated carbocycles. The first-order valence-corrected chi connectivity index (χ1v) is 8.93. The summed E-state index contributed by atoms with van der Waals surface area (Å²) in [5.74, 6) is -1.19. The van der Waals surface area contributed by atoms with E-state index in [0.717, 1.165) is 0 Å². The molecule has 2 amide bonds. The van der Waals surface area contributed by atoms with Crippen LogP contribution in [0.5, 0.6) is 5.75 Å². The van der Waals surface area contributed by atoms with E-state index in [1.807, 2.05) is 0 Å². The minimum absolute atomic E-state index is 0.158. The zero-order valence-electron chi connectivity index (χ0n) is 15.1. The van der Waals surface area contributed by atoms with E-state index in [2.05, 4.69) is 10.6 Å². The molecule has 0 aliphatic rings. The number of methoxy groups -OCH3 is 1. The van der Waals surface area contributed by atoms with E-state index in [1.54, 1.807) is 24.3 Å². The van der Waals surface area contributed by atoms with Gasteiger partial charge in [-0.3, -0.25) is 14.4 Å². The normalized spacial score (nSPS) is 11.3.